The summed E-state index contributed by atoms with van der Waals surface area (Å²) >= 11 is 14.7. The maximum atomic E-state index is 16.6. The molecule has 22 atom stereocenters. The van der Waals surface area contributed by atoms with Crippen molar-refractivity contribution in [3.63, 3.8) is 0 Å². The molecule has 16 rings (SSSR count). The lowest BCUT2D eigenvalue weighted by molar-refractivity contribution is -0.334. The number of aromatic hydroxyl groups is 3. The Bertz CT molecular complexity index is 5750. The second-order valence-electron chi connectivity index (χ2n) is 35.9. The van der Waals surface area contributed by atoms with E-state index in [9.17, 15) is 65.4 Å². The summed E-state index contributed by atoms with van der Waals surface area (Å²) in [5.74, 6) is -15.3. The fraction of sp³-hybridized carbons (Fsp3) is 0.423. The molecule has 0 saturated carbocycles. The molecule has 726 valence electrons. The number of unbranched alkanes of at least 4 members (excludes halogenated alkanes) is 2. The Morgan fingerprint density at radius 3 is 1.79 bits per heavy atom. The molecule has 136 heavy (non-hydrogen) atoms. The molecule has 22 N–H and O–H groups in total. The fourth-order valence-electron chi connectivity index (χ4n) is 17.7. The molecule has 0 aliphatic carbocycles. The van der Waals surface area contributed by atoms with Crippen LogP contribution in [0.1, 0.15) is 157 Å². The van der Waals surface area contributed by atoms with Crippen LogP contribution in [0.2, 0.25) is 10.0 Å². The van der Waals surface area contributed by atoms with Crippen molar-refractivity contribution in [2.45, 2.75) is 233 Å². The molecule has 0 radical (unpaired) electrons. The number of halogens is 2. The van der Waals surface area contributed by atoms with Crippen LogP contribution in [0.15, 0.2) is 152 Å². The number of phenolic OH excluding ortho intramolecular Hbond substituents is 3. The molecule has 0 unspecified atom stereocenters. The zero-order valence-corrected chi connectivity index (χ0v) is 77.0. The smallest absolute Gasteiger partial charge is 0.330 e. The summed E-state index contributed by atoms with van der Waals surface area (Å²) in [7, 11) is 1.48. The summed E-state index contributed by atoms with van der Waals surface area (Å²) in [6.45, 7) is 11.9. The number of carbonyl (C=O) groups is 8. The third kappa shape index (κ3) is 22.4. The van der Waals surface area contributed by atoms with E-state index in [-0.39, 0.29) is 59.2 Å². The van der Waals surface area contributed by atoms with Gasteiger partial charge in [-0.15, -0.1) is 0 Å². The number of likely N-dealkylation sites (N-methyl/N-ethyl adjacent to an activating group) is 1. The number of ether oxygens (including phenoxy) is 9. The molecule has 8 aromatic carbocycles. The first-order valence-corrected chi connectivity index (χ1v) is 45.4. The lowest BCUT2D eigenvalue weighted by atomic mass is 9.84. The summed E-state index contributed by atoms with van der Waals surface area (Å²) < 4.78 is 59.1. The van der Waals surface area contributed by atoms with Crippen LogP contribution in [0.4, 0.5) is 0 Å². The molecule has 39 heteroatoms. The summed E-state index contributed by atoms with van der Waals surface area (Å²) in [4.78, 5) is 121. The quantitative estimate of drug-likeness (QED) is 0.0254. The van der Waals surface area contributed by atoms with E-state index in [0.717, 1.165) is 101 Å². The molecule has 11 bridgehead atoms. The minimum absolute atomic E-state index is 0.122. The van der Waals surface area contributed by atoms with Crippen LogP contribution in [0, 0.1) is 5.92 Å². The van der Waals surface area contributed by atoms with Gasteiger partial charge in [0.2, 0.25) is 53.4 Å². The summed E-state index contributed by atoms with van der Waals surface area (Å²) in [6.07, 6.45) is -19.9. The van der Waals surface area contributed by atoms with Gasteiger partial charge in [0, 0.05) is 53.2 Å². The van der Waals surface area contributed by atoms with E-state index in [1.807, 2.05) is 86.6 Å². The normalized spacial score (nSPS) is 28.2. The van der Waals surface area contributed by atoms with Crippen molar-refractivity contribution >= 4 is 70.5 Å². The number of benzene rings is 8. The third-order valence-electron chi connectivity index (χ3n) is 25.2. The molecule has 8 aromatic rings. The molecule has 0 spiro atoms. The van der Waals surface area contributed by atoms with Crippen molar-refractivity contribution in [1.82, 2.24) is 42.5 Å². The number of rotatable bonds is 25. The first-order valence-electron chi connectivity index (χ1n) is 44.6. The number of aliphatic hydroxyl groups excluding tert-OH is 6. The van der Waals surface area contributed by atoms with Gasteiger partial charge in [-0.3, -0.25) is 33.6 Å². The van der Waals surface area contributed by atoms with Gasteiger partial charge in [0.05, 0.1) is 60.1 Å². The second kappa shape index (κ2) is 42.4. The van der Waals surface area contributed by atoms with E-state index in [1.165, 1.54) is 51.2 Å². The predicted octanol–water partition coefficient (Wildman–Crippen LogP) is 7.08. The number of carboxylic acids is 1. The number of aliphatic hydroxyl groups is 6. The van der Waals surface area contributed by atoms with Gasteiger partial charge in [-0.05, 0) is 170 Å². The topological polar surface area (TPSA) is 570 Å². The standard InChI is InChI=1S/C97H112Cl2N10O27/c1-9-10-11-30-128-57-25-20-51(21-26-57)50-18-16-49(17-19-50)48-14-12-47(13-15-48)42-103-97(7)41-73(130-46(5)87(97)119)135-85-82(117)81(116)70(43-110)133-95(85)136-84-68-35-55-36-69(84)132-67-29-24-54(34-61(67)99)83(134-72-40-96(6,101)86(118)45(4)129-72)79-93(125)107-77(94(126)127)59-37-56(111)38-65(113)74(59)58-32-52(22-27-64(58)112)75(90(122)109-79)106-91(123)76(55)105-89(121)63(39-71(100)114)104-92(124)78(108-88(120)62(102-8)31-44(2)3)80(115)53-23-28-66(131-68)60(98)33-53/h12-29,32-38,44-46,62-63,70,72-73,75-83,85-87,95,102-103,110-113,115-119H,9-11,30-31,39-43,101H2,1-8H3,(H2,100,114)(H,104,124)(H,105,121)(H,106,123)(H,107,125)(H,108,120)(H,109,122)(H,126,127)/t45-,46-,62+,63-,70+,72-,73-,75+,76+,77-,78+,79-,80+,81+,82-,83+,85+,86-,87-,95-,96-,97-/m0/s1. The van der Waals surface area contributed by atoms with Crippen LogP contribution >= 0.6 is 23.2 Å². The molecule has 7 amide bonds. The molecule has 3 saturated heterocycles. The zero-order valence-electron chi connectivity index (χ0n) is 75.5. The monoisotopic (exact) mass is 1920 g/mol. The largest absolute Gasteiger partial charge is 0.508 e. The Morgan fingerprint density at radius 1 is 0.618 bits per heavy atom. The predicted molar refractivity (Wildman–Crippen MR) is 491 cm³/mol. The zero-order chi connectivity index (χ0) is 97.8. The van der Waals surface area contributed by atoms with E-state index in [0.29, 0.717) is 6.61 Å². The number of hydrogen-bond donors (Lipinski definition) is 20. The van der Waals surface area contributed by atoms with Gasteiger partial charge >= 0.3 is 5.97 Å². The Labute approximate surface area is 792 Å². The van der Waals surface area contributed by atoms with Crippen molar-refractivity contribution in [2.75, 3.05) is 20.3 Å². The highest BCUT2D eigenvalue weighted by Gasteiger charge is 2.53. The average Bonchev–Trinajstić information content (AvgIpc) is 0.756. The minimum Gasteiger partial charge on any atom is -0.508 e. The Hall–Kier alpha value is -11.9. The maximum absolute atomic E-state index is 16.6. The number of aliphatic carboxylic acids is 1. The average molecular weight is 1920 g/mol. The van der Waals surface area contributed by atoms with Crippen LogP contribution < -0.4 is 72.9 Å². The first-order chi connectivity index (χ1) is 64.7. The van der Waals surface area contributed by atoms with Crippen molar-refractivity contribution in [3.05, 3.63) is 195 Å². The van der Waals surface area contributed by atoms with E-state index in [4.69, 9.17) is 77.3 Å². The summed E-state index contributed by atoms with van der Waals surface area (Å²) in [6, 6.07) is 23.6. The van der Waals surface area contributed by atoms with Crippen LogP contribution in [0.25, 0.3) is 33.4 Å². The number of carboxylic acid groups (broad SMARTS) is 1. The van der Waals surface area contributed by atoms with Gasteiger partial charge in [0.25, 0.3) is 0 Å². The highest BCUT2D eigenvalue weighted by atomic mass is 35.5. The highest BCUT2D eigenvalue weighted by Crippen LogP contribution is 2.51. The number of nitrogens with two attached hydrogens (primary N) is 2. The fourth-order valence-corrected chi connectivity index (χ4v) is 18.1. The molecule has 8 aliphatic heterocycles. The first kappa shape index (κ1) is 100. The van der Waals surface area contributed by atoms with E-state index >= 15 is 24.0 Å². The number of carbonyl (C=O) groups excluding carboxylic acids is 7. The lowest BCUT2D eigenvalue weighted by Crippen LogP contribution is -2.65. The van der Waals surface area contributed by atoms with E-state index < -0.39 is 261 Å². The van der Waals surface area contributed by atoms with Gasteiger partial charge < -0.3 is 148 Å². The maximum Gasteiger partial charge on any atom is 0.330 e. The molecular formula is C97H112Cl2N10O27. The third-order valence-corrected chi connectivity index (χ3v) is 25.8. The van der Waals surface area contributed by atoms with Gasteiger partial charge in [-0.2, -0.15) is 0 Å². The number of nitrogens with one attached hydrogen (secondary N) is 8. The SMILES string of the molecule is CCCCCOc1ccc(-c2ccc(-c3ccc(CN[C@@]4(C)C[C@H](O[C@H]5[C@H](Oc6c7cc8cc6Oc6ccc(cc6Cl)[C@@H](O[C@H]6C[C@](C)(N)[C@@H](O)[C@H](C)O6)[C@@H]6NC(=O)[C@H](NC(=O)[C@@H]8NC(=O)[C@H](CC(N)=O)NC(=O)[C@H](NC(=O)[C@@H](CC(C)C)NC)[C@H](O)c8ccc(c(Cl)c8)O7)c7ccc(O)c(c7)-c7c(O)cc(O)cc7[C@@H](C(=O)O)NC6=O)O[C@H](CO)[C@@H](O)[C@@H]5O)O[C@@H](C)[C@@H]4O)cc3)cc2)cc1. The van der Waals surface area contributed by atoms with Gasteiger partial charge in [0.15, 0.2) is 36.2 Å². The van der Waals surface area contributed by atoms with E-state index in [1.54, 1.807) is 13.8 Å². The van der Waals surface area contributed by atoms with Crippen molar-refractivity contribution in [1.29, 1.82) is 0 Å². The van der Waals surface area contributed by atoms with Crippen LogP contribution in [0.5, 0.6) is 51.7 Å². The van der Waals surface area contributed by atoms with Crippen molar-refractivity contribution < 1.29 is 132 Å². The number of primary amides is 1. The second-order valence-corrected chi connectivity index (χ2v) is 36.7. The molecule has 8 aliphatic rings. The minimum atomic E-state index is -2.40. The molecule has 37 nitrogen and oxygen atoms in total. The van der Waals surface area contributed by atoms with Gasteiger partial charge in [-0.25, -0.2) is 4.79 Å². The van der Waals surface area contributed by atoms with Crippen molar-refractivity contribution in [3.8, 4) is 85.1 Å². The number of amides is 7. The van der Waals surface area contributed by atoms with Gasteiger partial charge in [0.1, 0.15) is 95.2 Å². The summed E-state index contributed by atoms with van der Waals surface area (Å²) in [5, 5.41) is 138. The summed E-state index contributed by atoms with van der Waals surface area (Å²) in [5.41, 5.74) is 11.8. The van der Waals surface area contributed by atoms with Crippen LogP contribution in [-0.2, 0) is 68.6 Å². The van der Waals surface area contributed by atoms with E-state index in [2.05, 4.69) is 49.5 Å². The van der Waals surface area contributed by atoms with Crippen LogP contribution in [-0.4, -0.2) is 222 Å². The molecular weight excluding hydrogens is 1810 g/mol. The number of phenols is 3. The lowest BCUT2D eigenvalue weighted by Gasteiger charge is -2.48. The highest BCUT2D eigenvalue weighted by molar-refractivity contribution is 6.32. The Kier molecular flexibility index (Phi) is 31.2. The molecule has 3 fully saturated rings. The Balaban J connectivity index is 0.906. The van der Waals surface area contributed by atoms with Crippen molar-refractivity contribution in [2.24, 2.45) is 17.4 Å². The van der Waals surface area contributed by atoms with Crippen LogP contribution in [0.3, 0.4) is 0 Å². The number of fused-ring (bicyclic) bond motifs is 15. The molecule has 8 heterocycles. The van der Waals surface area contributed by atoms with Gasteiger partial charge in [-0.1, -0.05) is 136 Å². The Morgan fingerprint density at radius 2 is 1.20 bits per heavy atom. The number of hydrogen-bond acceptors (Lipinski definition) is 29. The molecule has 0 aromatic heterocycles.